The molecule has 4 atom stereocenters. The van der Waals surface area contributed by atoms with Crippen LogP contribution in [-0.4, -0.2) is 6.36 Å². The summed E-state index contributed by atoms with van der Waals surface area (Å²) in [5.74, 6) is 1.20. The molecule has 0 aromatic heterocycles. The Balaban J connectivity index is 1.53. The van der Waals surface area contributed by atoms with E-state index < -0.39 is 17.9 Å². The van der Waals surface area contributed by atoms with E-state index in [0.29, 0.717) is 16.7 Å². The average molecular weight is 394 g/mol. The van der Waals surface area contributed by atoms with Gasteiger partial charge < -0.3 is 4.74 Å². The highest BCUT2D eigenvalue weighted by molar-refractivity contribution is 5.85. The summed E-state index contributed by atoms with van der Waals surface area (Å²) in [4.78, 5) is 0. The number of rotatable bonds is 3. The van der Waals surface area contributed by atoms with Crippen molar-refractivity contribution in [2.24, 2.45) is 17.8 Å². The third-order valence-corrected chi connectivity index (χ3v) is 6.91. The summed E-state index contributed by atoms with van der Waals surface area (Å²) in [5, 5.41) is 1.18. The van der Waals surface area contributed by atoms with Crippen molar-refractivity contribution < 1.29 is 22.3 Å². The minimum atomic E-state index is -4.90. The average Bonchev–Trinajstić information content (AvgIpc) is 2.66. The SMILES string of the molecule is CC[C@@H]1CC[C@@H]2CC(c3ccc4cc(OC(F)(F)F)c(F)cc4c3)CCC2C1. The van der Waals surface area contributed by atoms with Crippen LogP contribution in [0, 0.1) is 23.6 Å². The molecular formula is C23H26F4O. The summed E-state index contributed by atoms with van der Waals surface area (Å²) in [6.45, 7) is 2.29. The van der Waals surface area contributed by atoms with E-state index in [9.17, 15) is 17.6 Å². The molecule has 152 valence electrons. The van der Waals surface area contributed by atoms with E-state index in [2.05, 4.69) is 11.7 Å². The van der Waals surface area contributed by atoms with Crippen molar-refractivity contribution in [3.8, 4) is 5.75 Å². The largest absolute Gasteiger partial charge is 0.573 e. The van der Waals surface area contributed by atoms with Crippen LogP contribution in [0.3, 0.4) is 0 Å². The molecule has 0 bridgehead atoms. The maximum Gasteiger partial charge on any atom is 0.573 e. The highest BCUT2D eigenvalue weighted by Crippen LogP contribution is 2.48. The van der Waals surface area contributed by atoms with Crippen LogP contribution in [-0.2, 0) is 0 Å². The summed E-state index contributed by atoms with van der Waals surface area (Å²) in [6.07, 6.45) is 3.93. The molecule has 2 aliphatic carbocycles. The monoisotopic (exact) mass is 394 g/mol. The van der Waals surface area contributed by atoms with Gasteiger partial charge in [-0.25, -0.2) is 4.39 Å². The highest BCUT2D eigenvalue weighted by atomic mass is 19.4. The molecule has 2 fully saturated rings. The van der Waals surface area contributed by atoms with E-state index in [1.165, 1.54) is 44.1 Å². The Kier molecular flexibility index (Phi) is 5.28. The number of hydrogen-bond acceptors (Lipinski definition) is 1. The molecule has 2 aliphatic rings. The van der Waals surface area contributed by atoms with Crippen LogP contribution < -0.4 is 4.74 Å². The minimum Gasteiger partial charge on any atom is -0.403 e. The Morgan fingerprint density at radius 3 is 2.43 bits per heavy atom. The second-order valence-electron chi connectivity index (χ2n) is 8.55. The molecule has 5 heteroatoms. The second-order valence-corrected chi connectivity index (χ2v) is 8.55. The van der Waals surface area contributed by atoms with Gasteiger partial charge in [0, 0.05) is 0 Å². The van der Waals surface area contributed by atoms with Gasteiger partial charge in [0.05, 0.1) is 0 Å². The lowest BCUT2D eigenvalue weighted by atomic mass is 9.63. The predicted molar refractivity (Wildman–Crippen MR) is 102 cm³/mol. The van der Waals surface area contributed by atoms with E-state index in [-0.39, 0.29) is 0 Å². The zero-order valence-electron chi connectivity index (χ0n) is 16.1. The van der Waals surface area contributed by atoms with Gasteiger partial charge in [0.2, 0.25) is 0 Å². The van der Waals surface area contributed by atoms with Gasteiger partial charge in [-0.2, -0.15) is 0 Å². The third-order valence-electron chi connectivity index (χ3n) is 6.91. The Labute approximate surface area is 163 Å². The van der Waals surface area contributed by atoms with E-state index in [1.54, 1.807) is 6.07 Å². The Bertz CT molecular complexity index is 844. The summed E-state index contributed by atoms with van der Waals surface area (Å²) >= 11 is 0. The van der Waals surface area contributed by atoms with E-state index >= 15 is 0 Å². The number of benzene rings is 2. The van der Waals surface area contributed by atoms with Gasteiger partial charge >= 0.3 is 6.36 Å². The third kappa shape index (κ3) is 4.13. The van der Waals surface area contributed by atoms with Crippen LogP contribution in [0.1, 0.15) is 63.4 Å². The topological polar surface area (TPSA) is 9.23 Å². The Hall–Kier alpha value is -1.78. The fourth-order valence-electron chi connectivity index (χ4n) is 5.38. The number of halogens is 4. The summed E-state index contributed by atoms with van der Waals surface area (Å²) in [6, 6.07) is 8.00. The van der Waals surface area contributed by atoms with Crippen molar-refractivity contribution in [1.82, 2.24) is 0 Å². The van der Waals surface area contributed by atoms with Crippen LogP contribution >= 0.6 is 0 Å². The van der Waals surface area contributed by atoms with Crippen LogP contribution in [0.4, 0.5) is 17.6 Å². The Morgan fingerprint density at radius 2 is 1.68 bits per heavy atom. The summed E-state index contributed by atoms with van der Waals surface area (Å²) in [5.41, 5.74) is 1.17. The van der Waals surface area contributed by atoms with Crippen LogP contribution in [0.15, 0.2) is 30.3 Å². The summed E-state index contributed by atoms with van der Waals surface area (Å²) < 4.78 is 55.1. The first-order chi connectivity index (χ1) is 13.3. The normalized spacial score (nSPS) is 28.2. The quantitative estimate of drug-likeness (QED) is 0.487. The molecule has 0 spiro atoms. The maximum absolute atomic E-state index is 14.1. The van der Waals surface area contributed by atoms with Crippen molar-refractivity contribution >= 4 is 10.8 Å². The molecule has 1 nitrogen and oxygen atoms in total. The maximum atomic E-state index is 14.1. The van der Waals surface area contributed by atoms with Gasteiger partial charge in [0.15, 0.2) is 11.6 Å². The first kappa shape index (κ1) is 19.5. The van der Waals surface area contributed by atoms with Gasteiger partial charge in [0.1, 0.15) is 0 Å². The zero-order valence-corrected chi connectivity index (χ0v) is 16.1. The van der Waals surface area contributed by atoms with Crippen LogP contribution in [0.2, 0.25) is 0 Å². The molecule has 2 saturated carbocycles. The minimum absolute atomic E-state index is 0.456. The van der Waals surface area contributed by atoms with E-state index in [0.717, 1.165) is 36.3 Å². The van der Waals surface area contributed by atoms with Crippen molar-refractivity contribution in [3.05, 3.63) is 41.7 Å². The molecule has 0 saturated heterocycles. The number of hydrogen-bond donors (Lipinski definition) is 0. The first-order valence-electron chi connectivity index (χ1n) is 10.3. The van der Waals surface area contributed by atoms with E-state index in [1.807, 2.05) is 12.1 Å². The lowest BCUT2D eigenvalue weighted by Gasteiger charge is -2.42. The van der Waals surface area contributed by atoms with Gasteiger partial charge in [-0.1, -0.05) is 38.0 Å². The molecule has 0 aliphatic heterocycles. The van der Waals surface area contributed by atoms with Crippen LogP contribution in [0.5, 0.6) is 5.75 Å². The lowest BCUT2D eigenvalue weighted by Crippen LogP contribution is -2.30. The molecule has 2 unspecified atom stereocenters. The zero-order chi connectivity index (χ0) is 19.9. The van der Waals surface area contributed by atoms with Gasteiger partial charge in [0.25, 0.3) is 0 Å². The predicted octanol–water partition coefficient (Wildman–Crippen LogP) is 7.59. The van der Waals surface area contributed by atoms with Crippen molar-refractivity contribution in [2.45, 2.75) is 64.1 Å². The van der Waals surface area contributed by atoms with Crippen molar-refractivity contribution in [2.75, 3.05) is 0 Å². The number of fused-ring (bicyclic) bond motifs is 2. The van der Waals surface area contributed by atoms with Gasteiger partial charge in [-0.3, -0.25) is 0 Å². The molecule has 2 aromatic carbocycles. The standard InChI is InChI=1S/C23H26F4O/c1-2-14-3-4-16-10-17(6-5-15(16)9-14)18-7-8-19-13-22(28-23(25,26)27)21(24)12-20(19)11-18/h7-8,11-17H,2-6,9-10H2,1H3/t14-,15?,16-,17?/m1/s1. The fourth-order valence-corrected chi connectivity index (χ4v) is 5.38. The summed E-state index contributed by atoms with van der Waals surface area (Å²) in [7, 11) is 0. The molecule has 4 rings (SSSR count). The number of alkyl halides is 3. The molecule has 28 heavy (non-hydrogen) atoms. The first-order valence-corrected chi connectivity index (χ1v) is 10.3. The molecule has 0 heterocycles. The fraction of sp³-hybridized carbons (Fsp3) is 0.565. The lowest BCUT2D eigenvalue weighted by molar-refractivity contribution is -0.275. The smallest absolute Gasteiger partial charge is 0.403 e. The van der Waals surface area contributed by atoms with Crippen molar-refractivity contribution in [1.29, 1.82) is 0 Å². The second kappa shape index (κ2) is 7.57. The molecule has 0 radical (unpaired) electrons. The molecule has 2 aromatic rings. The molecule has 0 amide bonds. The highest BCUT2D eigenvalue weighted by Gasteiger charge is 2.36. The van der Waals surface area contributed by atoms with Gasteiger partial charge in [-0.05, 0) is 84.2 Å². The number of ether oxygens (including phenoxy) is 1. The van der Waals surface area contributed by atoms with Crippen LogP contribution in [0.25, 0.3) is 10.8 Å². The van der Waals surface area contributed by atoms with Crippen molar-refractivity contribution in [3.63, 3.8) is 0 Å². The van der Waals surface area contributed by atoms with E-state index in [4.69, 9.17) is 0 Å². The molecule has 0 N–H and O–H groups in total. The van der Waals surface area contributed by atoms with Gasteiger partial charge in [-0.15, -0.1) is 13.2 Å². The molecular weight excluding hydrogens is 368 g/mol. The Morgan fingerprint density at radius 1 is 0.929 bits per heavy atom.